The second kappa shape index (κ2) is 6.88. The van der Waals surface area contributed by atoms with Gasteiger partial charge in [0.1, 0.15) is 5.82 Å². The van der Waals surface area contributed by atoms with Crippen molar-refractivity contribution >= 4 is 5.91 Å². The fourth-order valence-electron chi connectivity index (χ4n) is 3.34. The maximum Gasteiger partial charge on any atom is 0.234 e. The molecule has 1 aromatic rings. The second-order valence-corrected chi connectivity index (χ2v) is 5.74. The van der Waals surface area contributed by atoms with Gasteiger partial charge in [-0.25, -0.2) is 4.39 Å². The van der Waals surface area contributed by atoms with Crippen molar-refractivity contribution in [1.82, 2.24) is 4.90 Å². The third-order valence-corrected chi connectivity index (χ3v) is 4.58. The van der Waals surface area contributed by atoms with Crippen LogP contribution in [0.4, 0.5) is 4.39 Å². The average Bonchev–Trinajstić information content (AvgIpc) is 2.47. The maximum absolute atomic E-state index is 13.7. The van der Waals surface area contributed by atoms with Crippen molar-refractivity contribution in [2.45, 2.75) is 18.3 Å². The zero-order valence-corrected chi connectivity index (χ0v) is 12.8. The molecule has 0 saturated heterocycles. The Bertz CT molecular complexity index is 560. The van der Waals surface area contributed by atoms with Gasteiger partial charge in [-0.05, 0) is 43.0 Å². The fourth-order valence-corrected chi connectivity index (χ4v) is 3.34. The molecule has 1 amide bonds. The maximum atomic E-state index is 13.7. The Morgan fingerprint density at radius 3 is 2.55 bits per heavy atom. The third-order valence-electron chi connectivity index (χ3n) is 4.58. The molecule has 22 heavy (non-hydrogen) atoms. The van der Waals surface area contributed by atoms with E-state index in [4.69, 9.17) is 5.73 Å². The van der Waals surface area contributed by atoms with E-state index in [2.05, 4.69) is 13.2 Å². The van der Waals surface area contributed by atoms with Crippen molar-refractivity contribution in [1.29, 1.82) is 0 Å². The highest BCUT2D eigenvalue weighted by Crippen LogP contribution is 2.49. The molecule has 1 fully saturated rings. The minimum Gasteiger partial charge on any atom is -0.334 e. The molecular formula is C18H23FN2O. The quantitative estimate of drug-likeness (QED) is 0.787. The van der Waals surface area contributed by atoms with Gasteiger partial charge in [-0.2, -0.15) is 0 Å². The summed E-state index contributed by atoms with van der Waals surface area (Å²) >= 11 is 0. The lowest BCUT2D eigenvalue weighted by molar-refractivity contribution is -0.143. The van der Waals surface area contributed by atoms with Crippen molar-refractivity contribution in [3.63, 3.8) is 0 Å². The largest absolute Gasteiger partial charge is 0.334 e. The lowest BCUT2D eigenvalue weighted by Gasteiger charge is -2.50. The van der Waals surface area contributed by atoms with Gasteiger partial charge in [0.2, 0.25) is 5.91 Å². The number of nitrogens with zero attached hydrogens (tertiary/aromatic N) is 1. The van der Waals surface area contributed by atoms with Crippen LogP contribution in [0.5, 0.6) is 0 Å². The zero-order valence-electron chi connectivity index (χ0n) is 12.8. The summed E-state index contributed by atoms with van der Waals surface area (Å²) in [7, 11) is 0. The predicted molar refractivity (Wildman–Crippen MR) is 86.8 cm³/mol. The number of benzene rings is 1. The summed E-state index contributed by atoms with van der Waals surface area (Å²) in [6.45, 7) is 8.71. The lowest BCUT2D eigenvalue weighted by atomic mass is 9.55. The van der Waals surface area contributed by atoms with Crippen LogP contribution in [-0.2, 0) is 10.2 Å². The number of rotatable bonds is 7. The number of carbonyl (C=O) groups excluding carboxylic acids is 1. The SMILES string of the molecule is C=CCN(CC=C)C(=O)[C@@]1(c2cccc(F)c2)CC[C@H]1CN. The summed E-state index contributed by atoms with van der Waals surface area (Å²) < 4.78 is 13.7. The van der Waals surface area contributed by atoms with Crippen molar-refractivity contribution in [2.24, 2.45) is 11.7 Å². The van der Waals surface area contributed by atoms with Gasteiger partial charge in [-0.1, -0.05) is 24.3 Å². The zero-order chi connectivity index (χ0) is 16.2. The smallest absolute Gasteiger partial charge is 0.234 e. The molecule has 1 aliphatic carbocycles. The lowest BCUT2D eigenvalue weighted by Crippen LogP contribution is -2.58. The van der Waals surface area contributed by atoms with Gasteiger partial charge in [0.15, 0.2) is 0 Å². The standard InChI is InChI=1S/C18H23FN2O/c1-3-10-21(11-4-2)17(22)18(9-8-15(18)13-20)14-6-5-7-16(19)12-14/h3-7,12,15H,1-2,8-11,13,20H2/t15-,18+/m0/s1. The van der Waals surface area contributed by atoms with Gasteiger partial charge >= 0.3 is 0 Å². The van der Waals surface area contributed by atoms with Gasteiger partial charge < -0.3 is 10.6 Å². The van der Waals surface area contributed by atoms with Crippen molar-refractivity contribution in [2.75, 3.05) is 19.6 Å². The molecule has 118 valence electrons. The first-order valence-corrected chi connectivity index (χ1v) is 7.57. The first kappa shape index (κ1) is 16.4. The first-order chi connectivity index (χ1) is 10.6. The number of nitrogens with two attached hydrogens (primary N) is 1. The minimum atomic E-state index is -0.719. The van der Waals surface area contributed by atoms with Gasteiger partial charge in [-0.15, -0.1) is 13.2 Å². The summed E-state index contributed by atoms with van der Waals surface area (Å²) in [4.78, 5) is 14.9. The van der Waals surface area contributed by atoms with Crippen LogP contribution in [0.3, 0.4) is 0 Å². The Morgan fingerprint density at radius 1 is 1.41 bits per heavy atom. The van der Waals surface area contributed by atoms with E-state index in [0.717, 1.165) is 12.0 Å². The average molecular weight is 302 g/mol. The molecule has 0 radical (unpaired) electrons. The number of hydrogen-bond acceptors (Lipinski definition) is 2. The molecule has 4 heteroatoms. The van der Waals surface area contributed by atoms with Crippen LogP contribution < -0.4 is 5.73 Å². The summed E-state index contributed by atoms with van der Waals surface area (Å²) in [5, 5.41) is 0. The van der Waals surface area contributed by atoms with E-state index in [0.29, 0.717) is 26.1 Å². The normalized spacial score (nSPS) is 23.5. The molecule has 0 bridgehead atoms. The fraction of sp³-hybridized carbons (Fsp3) is 0.389. The van der Waals surface area contributed by atoms with Gasteiger partial charge in [-0.3, -0.25) is 4.79 Å². The van der Waals surface area contributed by atoms with Crippen LogP contribution >= 0.6 is 0 Å². The molecule has 0 spiro atoms. The highest BCUT2D eigenvalue weighted by atomic mass is 19.1. The monoisotopic (exact) mass is 302 g/mol. The first-order valence-electron chi connectivity index (χ1n) is 7.57. The van der Waals surface area contributed by atoms with Crippen molar-refractivity contribution < 1.29 is 9.18 Å². The number of hydrogen-bond donors (Lipinski definition) is 1. The molecule has 1 aromatic carbocycles. The Morgan fingerprint density at radius 2 is 2.09 bits per heavy atom. The van der Waals surface area contributed by atoms with E-state index in [1.54, 1.807) is 23.1 Å². The van der Waals surface area contributed by atoms with E-state index in [9.17, 15) is 9.18 Å². The highest BCUT2D eigenvalue weighted by molar-refractivity contribution is 5.90. The minimum absolute atomic E-state index is 0.0143. The third kappa shape index (κ3) is 2.71. The highest BCUT2D eigenvalue weighted by Gasteiger charge is 2.54. The molecule has 0 heterocycles. The molecule has 2 atom stereocenters. The molecule has 3 nitrogen and oxygen atoms in total. The second-order valence-electron chi connectivity index (χ2n) is 5.74. The molecule has 2 rings (SSSR count). The number of amides is 1. The van der Waals surface area contributed by atoms with Crippen molar-refractivity contribution in [3.05, 3.63) is 61.0 Å². The van der Waals surface area contributed by atoms with Crippen LogP contribution in [0.15, 0.2) is 49.6 Å². The Labute approximate surface area is 131 Å². The number of halogens is 1. The van der Waals surface area contributed by atoms with E-state index < -0.39 is 5.41 Å². The van der Waals surface area contributed by atoms with Crippen molar-refractivity contribution in [3.8, 4) is 0 Å². The van der Waals surface area contributed by atoms with Gasteiger partial charge in [0.05, 0.1) is 5.41 Å². The van der Waals surface area contributed by atoms with Crippen LogP contribution in [0.2, 0.25) is 0 Å². The summed E-state index contributed by atoms with van der Waals surface area (Å²) in [5.74, 6) is -0.301. The topological polar surface area (TPSA) is 46.3 Å². The number of carbonyl (C=O) groups is 1. The van der Waals surface area contributed by atoms with Crippen LogP contribution in [0, 0.1) is 11.7 Å². The summed E-state index contributed by atoms with van der Waals surface area (Å²) in [5.41, 5.74) is 5.87. The molecular weight excluding hydrogens is 279 g/mol. The van der Waals surface area contributed by atoms with Gasteiger partial charge in [0, 0.05) is 13.1 Å². The molecule has 0 unspecified atom stereocenters. The predicted octanol–water partition coefficient (Wildman–Crippen LogP) is 2.63. The molecule has 1 saturated carbocycles. The van der Waals surface area contributed by atoms with Crippen LogP contribution in [0.25, 0.3) is 0 Å². The van der Waals surface area contributed by atoms with Gasteiger partial charge in [0.25, 0.3) is 0 Å². The molecule has 0 aliphatic heterocycles. The Kier molecular flexibility index (Phi) is 5.14. The summed E-state index contributed by atoms with van der Waals surface area (Å²) in [6, 6.07) is 6.32. The summed E-state index contributed by atoms with van der Waals surface area (Å²) in [6.07, 6.45) is 4.96. The van der Waals surface area contributed by atoms with E-state index in [1.165, 1.54) is 12.1 Å². The van der Waals surface area contributed by atoms with E-state index >= 15 is 0 Å². The van der Waals surface area contributed by atoms with Crippen LogP contribution in [-0.4, -0.2) is 30.4 Å². The van der Waals surface area contributed by atoms with Crippen LogP contribution in [0.1, 0.15) is 18.4 Å². The molecule has 1 aliphatic rings. The molecule has 2 N–H and O–H groups in total. The Hall–Kier alpha value is -1.94. The Balaban J connectivity index is 2.43. The molecule has 0 aromatic heterocycles. The van der Waals surface area contributed by atoms with E-state index in [1.807, 2.05) is 6.07 Å². The van der Waals surface area contributed by atoms with E-state index in [-0.39, 0.29) is 17.6 Å².